The van der Waals surface area contributed by atoms with Crippen LogP contribution in [0.1, 0.15) is 0 Å². The molecule has 1 aliphatic rings. The second-order valence-electron chi connectivity index (χ2n) is 6.87. The van der Waals surface area contributed by atoms with Crippen molar-refractivity contribution in [2.24, 2.45) is 0 Å². The molecule has 28 heavy (non-hydrogen) atoms. The number of nitrogens with one attached hydrogen (secondary N) is 1. The number of hydrogen-bond donors (Lipinski definition) is 1. The number of benzene rings is 2. The Balaban J connectivity index is 1.50. The molecule has 2 aromatic carbocycles. The van der Waals surface area contributed by atoms with Gasteiger partial charge in [0.25, 0.3) is 0 Å². The third-order valence-electron chi connectivity index (χ3n) is 5.03. The van der Waals surface area contributed by atoms with E-state index in [4.69, 9.17) is 19.8 Å². The van der Waals surface area contributed by atoms with E-state index in [0.717, 1.165) is 67.5 Å². The minimum absolute atomic E-state index is 0.704. The Labute approximate surface area is 163 Å². The van der Waals surface area contributed by atoms with Crippen LogP contribution in [0.15, 0.2) is 54.6 Å². The lowest BCUT2D eigenvalue weighted by Crippen LogP contribution is -2.39. The smallest absolute Gasteiger partial charge is 0.226 e. The molecule has 7 nitrogen and oxygen atoms in total. The fourth-order valence-corrected chi connectivity index (χ4v) is 3.53. The molecule has 4 aromatic rings. The molecule has 5 rings (SSSR count). The number of anilines is 1. The molecule has 0 unspecified atom stereocenters. The number of para-hydroxylation sites is 1. The zero-order chi connectivity index (χ0) is 18.8. The highest BCUT2D eigenvalue weighted by molar-refractivity contribution is 5.92. The van der Waals surface area contributed by atoms with Gasteiger partial charge < -0.3 is 10.1 Å². The first-order valence-electron chi connectivity index (χ1n) is 9.63. The van der Waals surface area contributed by atoms with Gasteiger partial charge in [-0.2, -0.15) is 4.52 Å². The number of ether oxygens (including phenoxy) is 1. The van der Waals surface area contributed by atoms with Crippen LogP contribution >= 0.6 is 0 Å². The highest BCUT2D eigenvalue weighted by atomic mass is 16.5. The molecule has 0 radical (unpaired) electrons. The van der Waals surface area contributed by atoms with Crippen molar-refractivity contribution in [3.8, 4) is 11.4 Å². The van der Waals surface area contributed by atoms with Gasteiger partial charge in [0.2, 0.25) is 5.95 Å². The fourth-order valence-electron chi connectivity index (χ4n) is 3.53. The molecule has 3 heterocycles. The Morgan fingerprint density at radius 1 is 0.929 bits per heavy atom. The zero-order valence-electron chi connectivity index (χ0n) is 15.6. The lowest BCUT2D eigenvalue weighted by molar-refractivity contribution is 0.0398. The molecular weight excluding hydrogens is 352 g/mol. The van der Waals surface area contributed by atoms with Crippen molar-refractivity contribution in [3.63, 3.8) is 0 Å². The molecule has 7 heteroatoms. The summed E-state index contributed by atoms with van der Waals surface area (Å²) >= 11 is 0. The van der Waals surface area contributed by atoms with Gasteiger partial charge in [-0.05, 0) is 12.1 Å². The molecule has 1 aliphatic heterocycles. The molecule has 1 saturated heterocycles. The quantitative estimate of drug-likeness (QED) is 0.579. The number of fused-ring (bicyclic) bond motifs is 3. The minimum Gasteiger partial charge on any atom is -0.379 e. The van der Waals surface area contributed by atoms with Crippen LogP contribution in [0.2, 0.25) is 0 Å². The van der Waals surface area contributed by atoms with Crippen molar-refractivity contribution in [2.45, 2.75) is 0 Å². The van der Waals surface area contributed by atoms with E-state index >= 15 is 0 Å². The normalized spacial score (nSPS) is 15.3. The fraction of sp³-hybridized carbons (Fsp3) is 0.286. The SMILES string of the molecule is c1ccc(-c2nc3c4ccccc4nc(NCCN4CCOCC4)n3n2)cc1. The first-order valence-corrected chi connectivity index (χ1v) is 9.63. The molecule has 2 aromatic heterocycles. The molecule has 0 atom stereocenters. The van der Waals surface area contributed by atoms with Crippen LogP contribution in [0, 0.1) is 0 Å². The van der Waals surface area contributed by atoms with Crippen LogP contribution in [-0.2, 0) is 4.74 Å². The summed E-state index contributed by atoms with van der Waals surface area (Å²) in [5, 5.41) is 9.20. The first kappa shape index (κ1) is 17.1. The van der Waals surface area contributed by atoms with Gasteiger partial charge in [-0.3, -0.25) is 4.90 Å². The van der Waals surface area contributed by atoms with E-state index in [-0.39, 0.29) is 0 Å². The lowest BCUT2D eigenvalue weighted by atomic mass is 10.2. The van der Waals surface area contributed by atoms with Crippen LogP contribution < -0.4 is 5.32 Å². The maximum atomic E-state index is 5.42. The number of hydrogen-bond acceptors (Lipinski definition) is 6. The number of nitrogens with zero attached hydrogens (tertiary/aromatic N) is 5. The van der Waals surface area contributed by atoms with E-state index in [9.17, 15) is 0 Å². The number of rotatable bonds is 5. The lowest BCUT2D eigenvalue weighted by Gasteiger charge is -2.26. The predicted octanol–water partition coefficient (Wildman–Crippen LogP) is 2.69. The molecular formula is C21H22N6O. The Morgan fingerprint density at radius 2 is 1.71 bits per heavy atom. The summed E-state index contributed by atoms with van der Waals surface area (Å²) in [6.07, 6.45) is 0. The van der Waals surface area contributed by atoms with E-state index in [0.29, 0.717) is 5.82 Å². The maximum Gasteiger partial charge on any atom is 0.226 e. The van der Waals surface area contributed by atoms with Crippen molar-refractivity contribution >= 4 is 22.5 Å². The standard InChI is InChI=1S/C21H22N6O/c1-2-6-16(7-3-1)19-24-20-17-8-4-5-9-18(17)23-21(27(20)25-19)22-10-11-26-12-14-28-15-13-26/h1-9H,10-15H2,(H,22,23). The van der Waals surface area contributed by atoms with Crippen molar-refractivity contribution < 1.29 is 4.74 Å². The summed E-state index contributed by atoms with van der Waals surface area (Å²) in [4.78, 5) is 12.0. The van der Waals surface area contributed by atoms with E-state index in [1.165, 1.54) is 0 Å². The summed E-state index contributed by atoms with van der Waals surface area (Å²) in [5.74, 6) is 1.42. The maximum absolute atomic E-state index is 5.42. The van der Waals surface area contributed by atoms with Crippen molar-refractivity contribution in [1.29, 1.82) is 0 Å². The van der Waals surface area contributed by atoms with Crippen LogP contribution in [0.25, 0.3) is 27.9 Å². The Bertz CT molecular complexity index is 1090. The van der Waals surface area contributed by atoms with Gasteiger partial charge in [-0.15, -0.1) is 5.10 Å². The van der Waals surface area contributed by atoms with Gasteiger partial charge in [0.1, 0.15) is 0 Å². The predicted molar refractivity (Wildman–Crippen MR) is 109 cm³/mol. The van der Waals surface area contributed by atoms with Gasteiger partial charge in [-0.25, -0.2) is 9.97 Å². The molecule has 0 amide bonds. The first-order chi connectivity index (χ1) is 13.9. The van der Waals surface area contributed by atoms with Gasteiger partial charge in [0.15, 0.2) is 11.5 Å². The average Bonchev–Trinajstić information content (AvgIpc) is 3.21. The third-order valence-corrected chi connectivity index (χ3v) is 5.03. The van der Waals surface area contributed by atoms with Gasteiger partial charge in [-0.1, -0.05) is 42.5 Å². The van der Waals surface area contributed by atoms with Crippen LogP contribution in [0.4, 0.5) is 5.95 Å². The molecule has 0 bridgehead atoms. The van der Waals surface area contributed by atoms with Crippen molar-refractivity contribution in [3.05, 3.63) is 54.6 Å². The van der Waals surface area contributed by atoms with E-state index in [1.54, 1.807) is 0 Å². The molecule has 0 saturated carbocycles. The van der Waals surface area contributed by atoms with Gasteiger partial charge in [0, 0.05) is 37.1 Å². The Morgan fingerprint density at radius 3 is 2.57 bits per heavy atom. The van der Waals surface area contributed by atoms with E-state index < -0.39 is 0 Å². The molecule has 142 valence electrons. The summed E-state index contributed by atoms with van der Waals surface area (Å²) < 4.78 is 7.24. The van der Waals surface area contributed by atoms with Crippen molar-refractivity contribution in [2.75, 3.05) is 44.7 Å². The highest BCUT2D eigenvalue weighted by Crippen LogP contribution is 2.23. The monoisotopic (exact) mass is 374 g/mol. The Hall–Kier alpha value is -3.03. The van der Waals surface area contributed by atoms with Gasteiger partial charge >= 0.3 is 0 Å². The average molecular weight is 374 g/mol. The van der Waals surface area contributed by atoms with Crippen LogP contribution in [0.3, 0.4) is 0 Å². The second-order valence-corrected chi connectivity index (χ2v) is 6.87. The van der Waals surface area contributed by atoms with Crippen LogP contribution in [0.5, 0.6) is 0 Å². The Kier molecular flexibility index (Phi) is 4.60. The highest BCUT2D eigenvalue weighted by Gasteiger charge is 2.15. The molecule has 1 N–H and O–H groups in total. The third kappa shape index (κ3) is 3.30. The van der Waals surface area contributed by atoms with Crippen LogP contribution in [-0.4, -0.2) is 63.9 Å². The molecule has 0 spiro atoms. The topological polar surface area (TPSA) is 67.6 Å². The summed E-state index contributed by atoms with van der Waals surface area (Å²) in [6.45, 7) is 5.30. The zero-order valence-corrected chi connectivity index (χ0v) is 15.6. The summed E-state index contributed by atoms with van der Waals surface area (Å²) in [7, 11) is 0. The largest absolute Gasteiger partial charge is 0.379 e. The van der Waals surface area contributed by atoms with E-state index in [1.807, 2.05) is 59.1 Å². The second kappa shape index (κ2) is 7.53. The summed E-state index contributed by atoms with van der Waals surface area (Å²) in [5.41, 5.74) is 2.73. The summed E-state index contributed by atoms with van der Waals surface area (Å²) in [6, 6.07) is 18.1. The van der Waals surface area contributed by atoms with E-state index in [2.05, 4.69) is 10.2 Å². The minimum atomic E-state index is 0.704. The molecule has 0 aliphatic carbocycles. The molecule has 1 fully saturated rings. The van der Waals surface area contributed by atoms with Gasteiger partial charge in [0.05, 0.1) is 18.7 Å². The van der Waals surface area contributed by atoms with Crippen molar-refractivity contribution in [1.82, 2.24) is 24.5 Å². The number of morpholine rings is 1. The number of aromatic nitrogens is 4.